The van der Waals surface area contributed by atoms with Gasteiger partial charge >= 0.3 is 0 Å². The molecule has 1 fully saturated rings. The van der Waals surface area contributed by atoms with Crippen molar-refractivity contribution in [3.05, 3.63) is 41.7 Å². The van der Waals surface area contributed by atoms with Crippen LogP contribution in [0.2, 0.25) is 0 Å². The number of halogens is 2. The van der Waals surface area contributed by atoms with E-state index in [2.05, 4.69) is 32.3 Å². The van der Waals surface area contributed by atoms with E-state index in [4.69, 9.17) is 0 Å². The van der Waals surface area contributed by atoms with Crippen molar-refractivity contribution in [1.82, 2.24) is 15.1 Å². The van der Waals surface area contributed by atoms with Crippen molar-refractivity contribution in [1.29, 1.82) is 0 Å². The molecule has 0 saturated carbocycles. The Morgan fingerprint density at radius 2 is 2.12 bits per heavy atom. The number of nitrogens with zero attached hydrogens (tertiary/aromatic N) is 3. The maximum atomic E-state index is 13.5. The Labute approximate surface area is 171 Å². The van der Waals surface area contributed by atoms with Crippen LogP contribution in [0, 0.1) is 5.82 Å². The van der Waals surface area contributed by atoms with Gasteiger partial charge in [-0.3, -0.25) is 9.89 Å². The number of hydrogen-bond donors (Lipinski definition) is 1. The summed E-state index contributed by atoms with van der Waals surface area (Å²) in [4.78, 5) is 10.3. The predicted molar refractivity (Wildman–Crippen MR) is 114 cm³/mol. The maximum Gasteiger partial charge on any atom is 0.193 e. The Morgan fingerprint density at radius 3 is 2.80 bits per heavy atom. The molecule has 0 spiro atoms. The van der Waals surface area contributed by atoms with Crippen LogP contribution in [0.1, 0.15) is 12.0 Å². The lowest BCUT2D eigenvalue weighted by Gasteiger charge is -2.25. The van der Waals surface area contributed by atoms with Gasteiger partial charge in [0.05, 0.1) is 0 Å². The first kappa shape index (κ1) is 20.5. The van der Waals surface area contributed by atoms with Crippen LogP contribution in [0.5, 0.6) is 0 Å². The van der Waals surface area contributed by atoms with Gasteiger partial charge in [0, 0.05) is 50.7 Å². The van der Waals surface area contributed by atoms with Crippen LogP contribution in [0.3, 0.4) is 0 Å². The molecule has 0 aliphatic carbocycles. The van der Waals surface area contributed by atoms with Crippen LogP contribution in [0.15, 0.2) is 40.2 Å². The van der Waals surface area contributed by atoms with Crippen LogP contribution < -0.4 is 5.32 Å². The van der Waals surface area contributed by atoms with E-state index in [1.54, 1.807) is 17.8 Å². The molecule has 0 bridgehead atoms. The Bertz CT molecular complexity index is 630. The van der Waals surface area contributed by atoms with Gasteiger partial charge in [-0.25, -0.2) is 4.39 Å². The maximum absolute atomic E-state index is 13.5. The zero-order chi connectivity index (χ0) is 16.9. The Kier molecular flexibility index (Phi) is 8.02. The van der Waals surface area contributed by atoms with Gasteiger partial charge in [0.1, 0.15) is 5.82 Å². The van der Waals surface area contributed by atoms with Gasteiger partial charge in [-0.15, -0.1) is 35.7 Å². The van der Waals surface area contributed by atoms with Gasteiger partial charge in [0.2, 0.25) is 0 Å². The van der Waals surface area contributed by atoms with E-state index in [-0.39, 0.29) is 29.8 Å². The number of aliphatic imine (C=N–C) groups is 1. The Hall–Kier alpha value is -0.800. The Morgan fingerprint density at radius 1 is 1.36 bits per heavy atom. The highest BCUT2D eigenvalue weighted by Gasteiger charge is 2.29. The molecular weight excluding hydrogens is 450 g/mol. The highest BCUT2D eigenvalue weighted by atomic mass is 127. The number of likely N-dealkylation sites (tertiary alicyclic amines) is 1. The SMILES string of the molecule is CN=C(NCc1cc(F)ccc1SC)N1CCC(N2CC=CC2)C1.I. The summed E-state index contributed by atoms with van der Waals surface area (Å²) in [7, 11) is 1.81. The number of guanidine groups is 1. The van der Waals surface area contributed by atoms with Crippen molar-refractivity contribution >= 4 is 41.7 Å². The summed E-state index contributed by atoms with van der Waals surface area (Å²) >= 11 is 1.64. The first-order valence-electron chi connectivity index (χ1n) is 8.38. The van der Waals surface area contributed by atoms with Crippen LogP contribution >= 0.6 is 35.7 Å². The van der Waals surface area contributed by atoms with Gasteiger partial charge in [-0.2, -0.15) is 0 Å². The van der Waals surface area contributed by atoms with E-state index in [1.807, 2.05) is 19.4 Å². The zero-order valence-electron chi connectivity index (χ0n) is 14.7. The lowest BCUT2D eigenvalue weighted by atomic mass is 10.2. The molecule has 2 aliphatic heterocycles. The van der Waals surface area contributed by atoms with Crippen LogP contribution in [-0.2, 0) is 6.54 Å². The van der Waals surface area contributed by atoms with E-state index in [0.29, 0.717) is 12.6 Å². The van der Waals surface area contributed by atoms with Crippen molar-refractivity contribution in [2.45, 2.75) is 23.9 Å². The fourth-order valence-electron chi connectivity index (χ4n) is 3.42. The minimum atomic E-state index is -0.192. The fraction of sp³-hybridized carbons (Fsp3) is 0.500. The molecule has 3 rings (SSSR count). The van der Waals surface area contributed by atoms with Crippen LogP contribution in [0.4, 0.5) is 4.39 Å². The molecule has 1 N–H and O–H groups in total. The highest BCUT2D eigenvalue weighted by Crippen LogP contribution is 2.22. The summed E-state index contributed by atoms with van der Waals surface area (Å²) < 4.78 is 13.5. The number of rotatable bonds is 4. The van der Waals surface area contributed by atoms with E-state index < -0.39 is 0 Å². The third kappa shape index (κ3) is 5.10. The van der Waals surface area contributed by atoms with E-state index in [9.17, 15) is 4.39 Å². The molecule has 25 heavy (non-hydrogen) atoms. The lowest BCUT2D eigenvalue weighted by Crippen LogP contribution is -2.42. The average Bonchev–Trinajstić information content (AvgIpc) is 3.27. The molecule has 0 amide bonds. The molecule has 1 unspecified atom stereocenters. The Balaban J connectivity index is 0.00000225. The molecule has 1 atom stereocenters. The molecule has 138 valence electrons. The monoisotopic (exact) mass is 476 g/mol. The van der Waals surface area contributed by atoms with Crippen molar-refractivity contribution in [3.63, 3.8) is 0 Å². The number of benzene rings is 1. The van der Waals surface area contributed by atoms with Crippen molar-refractivity contribution in [3.8, 4) is 0 Å². The summed E-state index contributed by atoms with van der Waals surface area (Å²) in [6.45, 7) is 4.72. The lowest BCUT2D eigenvalue weighted by molar-refractivity contribution is 0.259. The third-order valence-electron chi connectivity index (χ3n) is 4.72. The van der Waals surface area contributed by atoms with Crippen molar-refractivity contribution < 1.29 is 4.39 Å². The summed E-state index contributed by atoms with van der Waals surface area (Å²) in [5.41, 5.74) is 0.975. The minimum absolute atomic E-state index is 0. The second-order valence-electron chi connectivity index (χ2n) is 6.17. The normalized spacial score (nSPS) is 20.8. The van der Waals surface area contributed by atoms with Crippen LogP contribution in [0.25, 0.3) is 0 Å². The number of thioether (sulfide) groups is 1. The molecular formula is C18H26FIN4S. The average molecular weight is 476 g/mol. The predicted octanol–water partition coefficient (Wildman–Crippen LogP) is 3.19. The molecule has 1 aromatic carbocycles. The topological polar surface area (TPSA) is 30.9 Å². The fourth-order valence-corrected chi connectivity index (χ4v) is 4.01. The van der Waals surface area contributed by atoms with E-state index >= 15 is 0 Å². The van der Waals surface area contributed by atoms with Gasteiger partial charge in [-0.05, 0) is 36.4 Å². The summed E-state index contributed by atoms with van der Waals surface area (Å²) in [5, 5.41) is 3.40. The molecule has 1 saturated heterocycles. The molecule has 7 heteroatoms. The van der Waals surface area contributed by atoms with Gasteiger partial charge < -0.3 is 10.2 Å². The first-order valence-corrected chi connectivity index (χ1v) is 9.61. The quantitative estimate of drug-likeness (QED) is 0.238. The number of nitrogens with one attached hydrogen (secondary N) is 1. The minimum Gasteiger partial charge on any atom is -0.352 e. The second-order valence-corrected chi connectivity index (χ2v) is 7.02. The summed E-state index contributed by atoms with van der Waals surface area (Å²) in [6, 6.07) is 5.55. The summed E-state index contributed by atoms with van der Waals surface area (Å²) in [6.07, 6.45) is 7.66. The van der Waals surface area contributed by atoms with Gasteiger partial charge in [0.25, 0.3) is 0 Å². The zero-order valence-corrected chi connectivity index (χ0v) is 17.9. The molecule has 0 aromatic heterocycles. The first-order chi connectivity index (χ1) is 11.7. The number of hydrogen-bond acceptors (Lipinski definition) is 3. The smallest absolute Gasteiger partial charge is 0.193 e. The van der Waals surface area contributed by atoms with Gasteiger partial charge in [-0.1, -0.05) is 12.2 Å². The third-order valence-corrected chi connectivity index (χ3v) is 5.56. The second kappa shape index (κ2) is 9.78. The summed E-state index contributed by atoms with van der Waals surface area (Å²) in [5.74, 6) is 0.711. The van der Waals surface area contributed by atoms with E-state index in [1.165, 1.54) is 12.5 Å². The molecule has 2 heterocycles. The van der Waals surface area contributed by atoms with E-state index in [0.717, 1.165) is 42.6 Å². The van der Waals surface area contributed by atoms with Crippen LogP contribution in [-0.4, -0.2) is 61.3 Å². The molecule has 1 aromatic rings. The molecule has 4 nitrogen and oxygen atoms in total. The largest absolute Gasteiger partial charge is 0.352 e. The van der Waals surface area contributed by atoms with Crippen molar-refractivity contribution in [2.24, 2.45) is 4.99 Å². The molecule has 2 aliphatic rings. The highest BCUT2D eigenvalue weighted by molar-refractivity contribution is 14.0. The standard InChI is InChI=1S/C18H25FN4S.HI/c1-20-18(21-12-14-11-15(19)5-6-17(14)24-2)23-10-7-16(13-23)22-8-3-4-9-22;/h3-6,11,16H,7-10,12-13H2,1-2H3,(H,20,21);1H. The van der Waals surface area contributed by atoms with Crippen molar-refractivity contribution in [2.75, 3.05) is 39.5 Å². The molecule has 0 radical (unpaired) electrons. The van der Waals surface area contributed by atoms with Gasteiger partial charge in [0.15, 0.2) is 5.96 Å².